The van der Waals surface area contributed by atoms with Gasteiger partial charge in [-0.15, -0.1) is 6.42 Å². The summed E-state index contributed by atoms with van der Waals surface area (Å²) < 4.78 is 0. The van der Waals surface area contributed by atoms with Crippen LogP contribution in [0.4, 0.5) is 0 Å². The van der Waals surface area contributed by atoms with E-state index in [0.29, 0.717) is 5.56 Å². The van der Waals surface area contributed by atoms with Crippen LogP contribution in [0.25, 0.3) is 10.8 Å². The molecule has 0 aromatic heterocycles. The Hall–Kier alpha value is -2.51. The van der Waals surface area contributed by atoms with Gasteiger partial charge in [0.15, 0.2) is 0 Å². The van der Waals surface area contributed by atoms with Crippen LogP contribution in [0.1, 0.15) is 18.5 Å². The van der Waals surface area contributed by atoms with Crippen LogP contribution in [0.5, 0.6) is 5.75 Å². The molecule has 0 heterocycles. The van der Waals surface area contributed by atoms with Gasteiger partial charge in [0, 0.05) is 17.0 Å². The largest absolute Gasteiger partial charge is 0.507 e. The number of carboxylic acid groups (broad SMARTS) is 1. The summed E-state index contributed by atoms with van der Waals surface area (Å²) in [7, 11) is 0. The van der Waals surface area contributed by atoms with E-state index >= 15 is 0 Å². The molecule has 4 heteroatoms. The van der Waals surface area contributed by atoms with Crippen LogP contribution in [0.2, 0.25) is 0 Å². The van der Waals surface area contributed by atoms with Gasteiger partial charge in [-0.2, -0.15) is 0 Å². The Morgan fingerprint density at radius 1 is 1.33 bits per heavy atom. The minimum Gasteiger partial charge on any atom is -0.507 e. The molecule has 0 radical (unpaired) electrons. The number of rotatable bonds is 5. The Morgan fingerprint density at radius 3 is 2.71 bits per heavy atom. The van der Waals surface area contributed by atoms with Crippen LogP contribution < -0.4 is 0 Å². The number of hydrogen-bond donors (Lipinski definition) is 2. The summed E-state index contributed by atoms with van der Waals surface area (Å²) >= 11 is 0. The predicted molar refractivity (Wildman–Crippen MR) is 82.1 cm³/mol. The van der Waals surface area contributed by atoms with E-state index in [9.17, 15) is 9.90 Å². The molecular weight excluding hydrogens is 266 g/mol. The first-order valence-corrected chi connectivity index (χ1v) is 6.64. The van der Waals surface area contributed by atoms with Gasteiger partial charge in [0.1, 0.15) is 5.75 Å². The predicted octanol–water partition coefficient (Wildman–Crippen LogP) is 2.63. The van der Waals surface area contributed by atoms with Crippen molar-refractivity contribution in [2.24, 2.45) is 0 Å². The number of nitrogens with zero attached hydrogens (tertiary/aromatic N) is 1. The first-order chi connectivity index (χ1) is 10.0. The van der Waals surface area contributed by atoms with Crippen LogP contribution in [0.15, 0.2) is 36.4 Å². The summed E-state index contributed by atoms with van der Waals surface area (Å²) in [5.41, 5.74) is 0.671. The molecule has 108 valence electrons. The Bertz CT molecular complexity index is 703. The average Bonchev–Trinajstić information content (AvgIpc) is 2.46. The third-order valence-corrected chi connectivity index (χ3v) is 3.56. The van der Waals surface area contributed by atoms with Crippen molar-refractivity contribution < 1.29 is 15.0 Å². The van der Waals surface area contributed by atoms with E-state index in [1.807, 2.05) is 43.3 Å². The van der Waals surface area contributed by atoms with Gasteiger partial charge in [0.05, 0.1) is 13.1 Å². The lowest BCUT2D eigenvalue weighted by Gasteiger charge is -2.26. The summed E-state index contributed by atoms with van der Waals surface area (Å²) in [4.78, 5) is 12.6. The summed E-state index contributed by atoms with van der Waals surface area (Å²) in [6.45, 7) is 1.88. The lowest BCUT2D eigenvalue weighted by atomic mass is 10.00. The molecule has 0 saturated carbocycles. The number of carbonyl (C=O) groups is 1. The second-order valence-electron chi connectivity index (χ2n) is 4.90. The van der Waals surface area contributed by atoms with E-state index in [-0.39, 0.29) is 24.9 Å². The highest BCUT2D eigenvalue weighted by Crippen LogP contribution is 2.34. The summed E-state index contributed by atoms with van der Waals surface area (Å²) in [6.07, 6.45) is 5.30. The van der Waals surface area contributed by atoms with Gasteiger partial charge in [-0.25, -0.2) is 0 Å². The fourth-order valence-electron chi connectivity index (χ4n) is 2.43. The molecule has 0 spiro atoms. The minimum atomic E-state index is -0.947. The molecule has 2 N–H and O–H groups in total. The standard InChI is InChI=1S/C17H17NO3/c1-3-10-18(11-16(19)20)12(2)14-9-8-13-6-4-5-7-15(13)17(14)21/h1,4-9,12,21H,10-11H2,2H3,(H,19,20). The molecule has 0 fully saturated rings. The quantitative estimate of drug-likeness (QED) is 0.828. The highest BCUT2D eigenvalue weighted by Gasteiger charge is 2.21. The van der Waals surface area contributed by atoms with Crippen molar-refractivity contribution in [1.29, 1.82) is 0 Å². The Balaban J connectivity index is 2.42. The van der Waals surface area contributed by atoms with Crippen LogP contribution in [-0.4, -0.2) is 34.2 Å². The second-order valence-corrected chi connectivity index (χ2v) is 4.90. The normalized spacial score (nSPS) is 12.2. The second kappa shape index (κ2) is 6.29. The fraction of sp³-hybridized carbons (Fsp3) is 0.235. The van der Waals surface area contributed by atoms with Crippen molar-refractivity contribution in [1.82, 2.24) is 4.90 Å². The molecule has 0 amide bonds. The number of aliphatic carboxylic acids is 1. The number of carboxylic acids is 1. The van der Waals surface area contributed by atoms with Gasteiger partial charge in [0.25, 0.3) is 0 Å². The van der Waals surface area contributed by atoms with Gasteiger partial charge in [-0.05, 0) is 12.3 Å². The van der Waals surface area contributed by atoms with E-state index in [0.717, 1.165) is 10.8 Å². The van der Waals surface area contributed by atoms with Crippen molar-refractivity contribution in [3.8, 4) is 18.1 Å². The van der Waals surface area contributed by atoms with E-state index in [4.69, 9.17) is 11.5 Å². The Morgan fingerprint density at radius 2 is 2.05 bits per heavy atom. The zero-order valence-corrected chi connectivity index (χ0v) is 11.8. The number of fused-ring (bicyclic) bond motifs is 1. The monoisotopic (exact) mass is 283 g/mol. The molecule has 2 rings (SSSR count). The van der Waals surface area contributed by atoms with E-state index in [1.54, 1.807) is 4.90 Å². The molecule has 21 heavy (non-hydrogen) atoms. The third-order valence-electron chi connectivity index (χ3n) is 3.56. The van der Waals surface area contributed by atoms with Gasteiger partial charge < -0.3 is 10.2 Å². The number of phenolic OH excluding ortho intramolecular Hbond substituents is 1. The zero-order chi connectivity index (χ0) is 15.4. The van der Waals surface area contributed by atoms with Crippen LogP contribution >= 0.6 is 0 Å². The maximum Gasteiger partial charge on any atom is 0.317 e. The number of phenols is 1. The highest BCUT2D eigenvalue weighted by atomic mass is 16.4. The molecule has 0 aliphatic rings. The van der Waals surface area contributed by atoms with Crippen LogP contribution in [-0.2, 0) is 4.79 Å². The van der Waals surface area contributed by atoms with Crippen molar-refractivity contribution >= 4 is 16.7 Å². The fourth-order valence-corrected chi connectivity index (χ4v) is 2.43. The van der Waals surface area contributed by atoms with Crippen molar-refractivity contribution in [3.63, 3.8) is 0 Å². The van der Waals surface area contributed by atoms with Crippen molar-refractivity contribution in [2.75, 3.05) is 13.1 Å². The lowest BCUT2D eigenvalue weighted by Crippen LogP contribution is -2.32. The Labute approximate surface area is 123 Å². The first kappa shape index (κ1) is 14.9. The van der Waals surface area contributed by atoms with Gasteiger partial charge in [-0.1, -0.05) is 42.3 Å². The van der Waals surface area contributed by atoms with E-state index in [2.05, 4.69) is 5.92 Å². The molecule has 1 atom stereocenters. The summed E-state index contributed by atoms with van der Waals surface area (Å²) in [6, 6.07) is 10.9. The molecule has 4 nitrogen and oxygen atoms in total. The van der Waals surface area contributed by atoms with Crippen molar-refractivity contribution in [3.05, 3.63) is 42.0 Å². The number of hydrogen-bond acceptors (Lipinski definition) is 3. The molecule has 0 bridgehead atoms. The lowest BCUT2D eigenvalue weighted by molar-refractivity contribution is -0.138. The zero-order valence-electron chi connectivity index (χ0n) is 11.8. The number of benzene rings is 2. The third kappa shape index (κ3) is 3.15. The smallest absolute Gasteiger partial charge is 0.317 e. The molecule has 0 saturated heterocycles. The molecule has 2 aromatic rings. The van der Waals surface area contributed by atoms with Gasteiger partial charge in [-0.3, -0.25) is 9.69 Å². The molecule has 1 unspecified atom stereocenters. The van der Waals surface area contributed by atoms with E-state index in [1.165, 1.54) is 0 Å². The molecule has 0 aliphatic carbocycles. The summed E-state index contributed by atoms with van der Waals surface area (Å²) in [5.74, 6) is 1.69. The van der Waals surface area contributed by atoms with Crippen LogP contribution in [0.3, 0.4) is 0 Å². The van der Waals surface area contributed by atoms with Gasteiger partial charge in [0.2, 0.25) is 0 Å². The maximum absolute atomic E-state index is 10.9. The Kier molecular flexibility index (Phi) is 4.46. The molecular formula is C17H17NO3. The van der Waals surface area contributed by atoms with Crippen molar-refractivity contribution in [2.45, 2.75) is 13.0 Å². The highest BCUT2D eigenvalue weighted by molar-refractivity contribution is 5.89. The SMILES string of the molecule is C#CCN(CC(=O)O)C(C)c1ccc2ccccc2c1O. The number of aromatic hydroxyl groups is 1. The molecule has 0 aliphatic heterocycles. The van der Waals surface area contributed by atoms with Crippen LogP contribution in [0, 0.1) is 12.3 Å². The first-order valence-electron chi connectivity index (χ1n) is 6.64. The maximum atomic E-state index is 10.9. The minimum absolute atomic E-state index is 0.169. The average molecular weight is 283 g/mol. The topological polar surface area (TPSA) is 60.8 Å². The van der Waals surface area contributed by atoms with E-state index < -0.39 is 5.97 Å². The summed E-state index contributed by atoms with van der Waals surface area (Å²) in [5, 5.41) is 21.1. The number of terminal acetylenes is 1. The molecule has 2 aromatic carbocycles. The van der Waals surface area contributed by atoms with Gasteiger partial charge >= 0.3 is 5.97 Å².